The predicted octanol–water partition coefficient (Wildman–Crippen LogP) is 2.71. The number of carbonyl (C=O) groups excluding carboxylic acids is 3. The van der Waals surface area contributed by atoms with Crippen molar-refractivity contribution in [2.24, 2.45) is 5.92 Å². The van der Waals surface area contributed by atoms with Crippen molar-refractivity contribution in [1.82, 2.24) is 4.90 Å². The largest absolute Gasteiger partial charge is 0.469 e. The lowest BCUT2D eigenvalue weighted by molar-refractivity contribution is -0.178. The Labute approximate surface area is 147 Å². The molecule has 1 aromatic rings. The molecule has 1 fully saturated rings. The summed E-state index contributed by atoms with van der Waals surface area (Å²) in [6.45, 7) is -0.529. The lowest BCUT2D eigenvalue weighted by atomic mass is 9.91. The first-order chi connectivity index (χ1) is 12.2. The first kappa shape index (κ1) is 19.7. The summed E-state index contributed by atoms with van der Waals surface area (Å²) < 4.78 is 48.1. The van der Waals surface area contributed by atoms with Gasteiger partial charge in [0.15, 0.2) is 0 Å². The number of esters is 1. The molecule has 1 aliphatic heterocycles. The van der Waals surface area contributed by atoms with Crippen LogP contribution < -0.4 is 0 Å². The summed E-state index contributed by atoms with van der Waals surface area (Å²) in [4.78, 5) is 36.3. The molecule has 0 N–H and O–H groups in total. The Morgan fingerprint density at radius 1 is 1.15 bits per heavy atom. The first-order valence-corrected chi connectivity index (χ1v) is 7.90. The Bertz CT molecular complexity index is 662. The van der Waals surface area contributed by atoms with Crippen LogP contribution in [0.4, 0.5) is 18.0 Å². The van der Waals surface area contributed by atoms with Crippen LogP contribution in [0.1, 0.15) is 18.4 Å². The van der Waals surface area contributed by atoms with E-state index >= 15 is 0 Å². The van der Waals surface area contributed by atoms with E-state index in [1.54, 1.807) is 30.3 Å². The highest BCUT2D eigenvalue weighted by Gasteiger charge is 2.49. The van der Waals surface area contributed by atoms with Crippen LogP contribution in [0.15, 0.2) is 30.3 Å². The van der Waals surface area contributed by atoms with E-state index in [-0.39, 0.29) is 26.0 Å². The van der Waals surface area contributed by atoms with E-state index in [4.69, 9.17) is 4.74 Å². The van der Waals surface area contributed by atoms with Crippen LogP contribution in [0, 0.1) is 5.92 Å². The Hall–Kier alpha value is -2.58. The third-order valence-corrected chi connectivity index (χ3v) is 4.14. The molecule has 0 unspecified atom stereocenters. The Morgan fingerprint density at radius 2 is 1.81 bits per heavy atom. The summed E-state index contributed by atoms with van der Waals surface area (Å²) in [5.74, 6) is -3.48. The summed E-state index contributed by atoms with van der Waals surface area (Å²) in [5.41, 5.74) is 0.640. The number of alkyl halides is 3. The van der Waals surface area contributed by atoms with E-state index in [2.05, 4.69) is 4.74 Å². The number of methoxy groups -OCH3 is 1. The molecule has 0 saturated carbocycles. The van der Waals surface area contributed by atoms with Crippen molar-refractivity contribution < 1.29 is 37.0 Å². The van der Waals surface area contributed by atoms with Crippen LogP contribution in [0.2, 0.25) is 0 Å². The zero-order valence-corrected chi connectivity index (χ0v) is 14.0. The number of piperidine rings is 1. The topological polar surface area (TPSA) is 72.9 Å². The molecule has 2 atom stereocenters. The van der Waals surface area contributed by atoms with Gasteiger partial charge in [0.05, 0.1) is 13.0 Å². The van der Waals surface area contributed by atoms with Gasteiger partial charge in [-0.1, -0.05) is 30.3 Å². The monoisotopic (exact) mass is 373 g/mol. The van der Waals surface area contributed by atoms with Gasteiger partial charge in [0.25, 0.3) is 5.78 Å². The van der Waals surface area contributed by atoms with Crippen molar-refractivity contribution >= 4 is 17.8 Å². The maximum absolute atomic E-state index is 12.8. The molecule has 1 amide bonds. The van der Waals surface area contributed by atoms with Crippen LogP contribution in [-0.4, -0.2) is 48.6 Å². The summed E-state index contributed by atoms with van der Waals surface area (Å²) in [5, 5.41) is 0. The predicted molar refractivity (Wildman–Crippen MR) is 82.9 cm³/mol. The van der Waals surface area contributed by atoms with Gasteiger partial charge in [0.2, 0.25) is 0 Å². The summed E-state index contributed by atoms with van der Waals surface area (Å²) >= 11 is 0. The highest BCUT2D eigenvalue weighted by Crippen LogP contribution is 2.29. The number of amides is 1. The number of Topliss-reactive ketones (excluding diaryl/α,β-unsaturated/α-hetero) is 1. The Morgan fingerprint density at radius 3 is 2.38 bits per heavy atom. The van der Waals surface area contributed by atoms with Crippen molar-refractivity contribution in [3.05, 3.63) is 35.9 Å². The second kappa shape index (κ2) is 8.20. The van der Waals surface area contributed by atoms with Gasteiger partial charge in [-0.3, -0.25) is 14.5 Å². The standard InChI is InChI=1S/C17H18F3NO5/c1-25-15(23)12-7-8-13(14(22)17(18,19)20)21(9-12)16(24)26-10-11-5-3-2-4-6-11/h2-6,12-13H,7-10H2,1H3/t12-,13-/m1/s1. The van der Waals surface area contributed by atoms with Crippen LogP contribution in [0.3, 0.4) is 0 Å². The molecule has 6 nitrogen and oxygen atoms in total. The number of halogens is 3. The molecule has 0 aromatic heterocycles. The minimum absolute atomic E-state index is 0.0155. The lowest BCUT2D eigenvalue weighted by Gasteiger charge is -2.37. The van der Waals surface area contributed by atoms with Crippen LogP contribution >= 0.6 is 0 Å². The average Bonchev–Trinajstić information content (AvgIpc) is 2.64. The average molecular weight is 373 g/mol. The second-order valence-electron chi connectivity index (χ2n) is 5.87. The van der Waals surface area contributed by atoms with Crippen LogP contribution in [0.25, 0.3) is 0 Å². The van der Waals surface area contributed by atoms with Gasteiger partial charge >= 0.3 is 18.2 Å². The van der Waals surface area contributed by atoms with Crippen molar-refractivity contribution in [2.75, 3.05) is 13.7 Å². The Kier molecular flexibility index (Phi) is 6.23. The zero-order chi connectivity index (χ0) is 19.3. The number of ether oxygens (including phenoxy) is 2. The van der Waals surface area contributed by atoms with Gasteiger partial charge in [-0.15, -0.1) is 0 Å². The molecule has 26 heavy (non-hydrogen) atoms. The molecular weight excluding hydrogens is 355 g/mol. The molecule has 0 aliphatic carbocycles. The zero-order valence-electron chi connectivity index (χ0n) is 14.0. The fraction of sp³-hybridized carbons (Fsp3) is 0.471. The second-order valence-corrected chi connectivity index (χ2v) is 5.87. The Balaban J connectivity index is 2.14. The minimum atomic E-state index is -5.08. The molecule has 0 spiro atoms. The smallest absolute Gasteiger partial charge is 0.452 e. The third kappa shape index (κ3) is 4.74. The number of hydrogen-bond donors (Lipinski definition) is 0. The van der Waals surface area contributed by atoms with E-state index in [9.17, 15) is 27.6 Å². The van der Waals surface area contributed by atoms with Crippen molar-refractivity contribution in [3.63, 3.8) is 0 Å². The highest BCUT2D eigenvalue weighted by atomic mass is 19.4. The summed E-state index contributed by atoms with van der Waals surface area (Å²) in [6, 6.07) is 6.84. The fourth-order valence-electron chi connectivity index (χ4n) is 2.80. The van der Waals surface area contributed by atoms with Crippen molar-refractivity contribution in [1.29, 1.82) is 0 Å². The van der Waals surface area contributed by atoms with Gasteiger partial charge in [0.1, 0.15) is 12.6 Å². The maximum Gasteiger partial charge on any atom is 0.452 e. The molecule has 1 aromatic carbocycles. The number of likely N-dealkylation sites (tertiary alicyclic amines) is 1. The van der Waals surface area contributed by atoms with E-state index in [1.807, 2.05) is 0 Å². The molecular formula is C17H18F3NO5. The molecule has 2 rings (SSSR count). The first-order valence-electron chi connectivity index (χ1n) is 7.90. The van der Waals surface area contributed by atoms with Crippen molar-refractivity contribution in [2.45, 2.75) is 31.7 Å². The number of rotatable bonds is 4. The van der Waals surface area contributed by atoms with Crippen molar-refractivity contribution in [3.8, 4) is 0 Å². The summed E-state index contributed by atoms with van der Waals surface area (Å²) in [7, 11) is 1.15. The van der Waals surface area contributed by atoms with Gasteiger partial charge in [-0.05, 0) is 18.4 Å². The molecule has 1 saturated heterocycles. The molecule has 0 radical (unpaired) electrons. The minimum Gasteiger partial charge on any atom is -0.469 e. The van der Waals surface area contributed by atoms with E-state index in [0.717, 1.165) is 7.11 Å². The maximum atomic E-state index is 12.8. The van der Waals surface area contributed by atoms with E-state index < -0.39 is 36.0 Å². The van der Waals surface area contributed by atoms with Gasteiger partial charge in [-0.2, -0.15) is 13.2 Å². The quantitative estimate of drug-likeness (QED) is 0.759. The number of hydrogen-bond acceptors (Lipinski definition) is 5. The highest BCUT2D eigenvalue weighted by molar-refractivity contribution is 5.92. The fourth-order valence-corrected chi connectivity index (χ4v) is 2.80. The molecule has 142 valence electrons. The molecule has 1 heterocycles. The number of ketones is 1. The molecule has 9 heteroatoms. The van der Waals surface area contributed by atoms with E-state index in [0.29, 0.717) is 10.5 Å². The number of nitrogens with zero attached hydrogens (tertiary/aromatic N) is 1. The number of benzene rings is 1. The lowest BCUT2D eigenvalue weighted by Crippen LogP contribution is -2.55. The number of carbonyl (C=O) groups is 3. The van der Waals surface area contributed by atoms with E-state index in [1.165, 1.54) is 0 Å². The third-order valence-electron chi connectivity index (χ3n) is 4.14. The molecule has 0 bridgehead atoms. The van der Waals surface area contributed by atoms with Crippen LogP contribution in [0.5, 0.6) is 0 Å². The van der Waals surface area contributed by atoms with Gasteiger partial charge < -0.3 is 9.47 Å². The SMILES string of the molecule is COC(=O)[C@@H]1CC[C@H](C(=O)C(F)(F)F)N(C(=O)OCc2ccccc2)C1. The van der Waals surface area contributed by atoms with Gasteiger partial charge in [0, 0.05) is 6.54 Å². The summed E-state index contributed by atoms with van der Waals surface area (Å²) in [6.07, 6.45) is -6.44. The molecule has 1 aliphatic rings. The normalized spacial score (nSPS) is 20.4. The van der Waals surface area contributed by atoms with Crippen LogP contribution in [-0.2, 0) is 25.7 Å². The van der Waals surface area contributed by atoms with Gasteiger partial charge in [-0.25, -0.2) is 4.79 Å².